The van der Waals surface area contributed by atoms with E-state index in [9.17, 15) is 9.50 Å². The third-order valence-corrected chi connectivity index (χ3v) is 11.3. The Bertz CT molecular complexity index is 1920. The zero-order chi connectivity index (χ0) is 31.2. The number of hydrogen-bond donors (Lipinski definition) is 2. The monoisotopic (exact) mass is 622 g/mol. The number of rotatable bonds is 5. The van der Waals surface area contributed by atoms with Crippen LogP contribution in [0.2, 0.25) is 0 Å². The molecular weight excluding hydrogens is 586 g/mol. The normalized spacial score (nSPS) is 30.2. The van der Waals surface area contributed by atoms with Crippen LogP contribution in [0.25, 0.3) is 32.9 Å². The number of ether oxygens (including phenoxy) is 1. The van der Waals surface area contributed by atoms with Crippen LogP contribution in [0.15, 0.2) is 36.5 Å². The fourth-order valence-electron chi connectivity index (χ4n) is 9.45. The number of fused-ring (bicyclic) bond motifs is 7. The van der Waals surface area contributed by atoms with Gasteiger partial charge in [-0.05, 0) is 61.6 Å². The number of pyridine rings is 1. The minimum atomic E-state index is -0.884. The van der Waals surface area contributed by atoms with Crippen molar-refractivity contribution < 1.29 is 18.6 Å². The Morgan fingerprint density at radius 3 is 2.76 bits per heavy atom. The number of phenols is 1. The van der Waals surface area contributed by atoms with Crippen LogP contribution >= 0.6 is 0 Å². The van der Waals surface area contributed by atoms with Gasteiger partial charge in [0.25, 0.3) is 0 Å². The van der Waals surface area contributed by atoms with Gasteiger partial charge in [0.15, 0.2) is 5.82 Å². The average molecular weight is 623 g/mol. The van der Waals surface area contributed by atoms with Crippen LogP contribution in [0.3, 0.4) is 0 Å². The average Bonchev–Trinajstić information content (AvgIpc) is 3.79. The predicted molar refractivity (Wildman–Crippen MR) is 172 cm³/mol. The van der Waals surface area contributed by atoms with Gasteiger partial charge in [-0.15, -0.1) is 6.42 Å². The van der Waals surface area contributed by atoms with Crippen molar-refractivity contribution in [1.29, 1.82) is 0 Å². The second-order valence-corrected chi connectivity index (χ2v) is 14.0. The molecule has 4 aliphatic heterocycles. The van der Waals surface area contributed by atoms with Crippen molar-refractivity contribution >= 4 is 27.5 Å². The first-order chi connectivity index (χ1) is 22.4. The van der Waals surface area contributed by atoms with Crippen LogP contribution in [0.4, 0.5) is 14.6 Å². The fraction of sp³-hybridized carbons (Fsp3) is 0.472. The molecule has 2 bridgehead atoms. The van der Waals surface area contributed by atoms with E-state index in [0.717, 1.165) is 38.8 Å². The molecule has 2 N–H and O–H groups in total. The summed E-state index contributed by atoms with van der Waals surface area (Å²) in [6, 6.07) is 9.68. The van der Waals surface area contributed by atoms with Crippen molar-refractivity contribution in [3.8, 4) is 35.4 Å². The highest BCUT2D eigenvalue weighted by Gasteiger charge is 2.58. The van der Waals surface area contributed by atoms with Crippen molar-refractivity contribution in [1.82, 2.24) is 25.2 Å². The molecule has 2 aromatic heterocycles. The van der Waals surface area contributed by atoms with Gasteiger partial charge in [-0.25, -0.2) is 8.78 Å². The fourth-order valence-corrected chi connectivity index (χ4v) is 9.45. The number of alkyl halides is 1. The largest absolute Gasteiger partial charge is 0.508 e. The van der Waals surface area contributed by atoms with Crippen LogP contribution in [-0.2, 0) is 0 Å². The number of nitrogens with zero attached hydrogens (tertiary/aromatic N) is 5. The van der Waals surface area contributed by atoms with Gasteiger partial charge in [-0.2, -0.15) is 9.97 Å². The van der Waals surface area contributed by atoms with E-state index in [2.05, 4.69) is 31.0 Å². The van der Waals surface area contributed by atoms with Crippen molar-refractivity contribution in [2.45, 2.75) is 74.8 Å². The Kier molecular flexibility index (Phi) is 6.42. The van der Waals surface area contributed by atoms with Crippen LogP contribution in [0, 0.1) is 24.1 Å². The van der Waals surface area contributed by atoms with E-state index in [1.807, 2.05) is 12.1 Å². The van der Waals surface area contributed by atoms with E-state index in [4.69, 9.17) is 16.1 Å². The second kappa shape index (κ2) is 10.5. The first-order valence-corrected chi connectivity index (χ1v) is 16.5. The van der Waals surface area contributed by atoms with Crippen molar-refractivity contribution in [3.63, 3.8) is 0 Å². The Balaban J connectivity index is 1.16. The van der Waals surface area contributed by atoms with Gasteiger partial charge in [-0.3, -0.25) is 9.88 Å². The van der Waals surface area contributed by atoms with Gasteiger partial charge in [0.05, 0.1) is 10.9 Å². The van der Waals surface area contributed by atoms with Gasteiger partial charge in [0.1, 0.15) is 35.6 Å². The summed E-state index contributed by atoms with van der Waals surface area (Å²) in [4.78, 5) is 18.7. The lowest BCUT2D eigenvalue weighted by molar-refractivity contribution is 0.0832. The Morgan fingerprint density at radius 2 is 1.93 bits per heavy atom. The highest BCUT2D eigenvalue weighted by molar-refractivity contribution is 6.02. The quantitative estimate of drug-likeness (QED) is 0.289. The summed E-state index contributed by atoms with van der Waals surface area (Å²) in [5.41, 5.74) is 0.702. The molecular formula is C36H36F2N6O2. The summed E-state index contributed by atoms with van der Waals surface area (Å²) in [5.74, 6) is 3.19. The molecule has 6 atom stereocenters. The number of piperazine rings is 1. The molecule has 4 saturated heterocycles. The second-order valence-electron chi connectivity index (χ2n) is 14.0. The summed E-state index contributed by atoms with van der Waals surface area (Å²) in [6.07, 6.45) is 13.5. The minimum absolute atomic E-state index is 0.0190. The third kappa shape index (κ3) is 4.35. The van der Waals surface area contributed by atoms with E-state index in [-0.39, 0.29) is 29.6 Å². The number of benzene rings is 2. The van der Waals surface area contributed by atoms with Gasteiger partial charge in [0.2, 0.25) is 0 Å². The molecule has 1 aliphatic carbocycles. The maximum atomic E-state index is 16.9. The maximum Gasteiger partial charge on any atom is 0.319 e. The predicted octanol–water partition coefficient (Wildman–Crippen LogP) is 5.35. The number of hydrogen-bond acceptors (Lipinski definition) is 8. The molecule has 236 valence electrons. The van der Waals surface area contributed by atoms with Crippen LogP contribution < -0.4 is 15.0 Å². The zero-order valence-corrected chi connectivity index (χ0v) is 25.6. The molecule has 8 nitrogen and oxygen atoms in total. The van der Waals surface area contributed by atoms with Gasteiger partial charge in [0, 0.05) is 66.9 Å². The van der Waals surface area contributed by atoms with Gasteiger partial charge < -0.3 is 20.1 Å². The van der Waals surface area contributed by atoms with Crippen molar-refractivity contribution in [2.75, 3.05) is 31.1 Å². The summed E-state index contributed by atoms with van der Waals surface area (Å²) >= 11 is 0. The molecule has 5 aliphatic rings. The first kappa shape index (κ1) is 28.2. The molecule has 10 heteroatoms. The summed E-state index contributed by atoms with van der Waals surface area (Å²) in [5, 5.41) is 16.1. The highest BCUT2D eigenvalue weighted by atomic mass is 19.1. The van der Waals surface area contributed by atoms with Gasteiger partial charge >= 0.3 is 6.01 Å². The molecule has 6 heterocycles. The van der Waals surface area contributed by atoms with Crippen molar-refractivity contribution in [2.24, 2.45) is 5.92 Å². The van der Waals surface area contributed by atoms with Crippen LogP contribution in [-0.4, -0.2) is 81.0 Å². The number of aromatic hydroxyl groups is 1. The molecule has 1 saturated carbocycles. The van der Waals surface area contributed by atoms with E-state index >= 15 is 4.39 Å². The summed E-state index contributed by atoms with van der Waals surface area (Å²) < 4.78 is 38.2. The van der Waals surface area contributed by atoms with Gasteiger partial charge in [-0.1, -0.05) is 24.5 Å². The Labute approximate surface area is 266 Å². The van der Waals surface area contributed by atoms with E-state index in [0.29, 0.717) is 70.1 Å². The van der Waals surface area contributed by atoms with Crippen molar-refractivity contribution in [3.05, 3.63) is 47.9 Å². The molecule has 0 spiro atoms. The number of nitrogens with one attached hydrogen (secondary N) is 1. The number of halogens is 2. The summed E-state index contributed by atoms with van der Waals surface area (Å²) in [7, 11) is 0. The lowest BCUT2D eigenvalue weighted by Crippen LogP contribution is -2.51. The molecule has 46 heavy (non-hydrogen) atoms. The topological polar surface area (TPSA) is 86.6 Å². The zero-order valence-electron chi connectivity index (χ0n) is 25.6. The lowest BCUT2D eigenvalue weighted by atomic mass is 9.89. The molecule has 5 fully saturated rings. The number of aromatic nitrogens is 3. The van der Waals surface area contributed by atoms with E-state index < -0.39 is 17.5 Å². The number of phenolic OH excluding ortho intramolecular Hbond substituents is 1. The smallest absolute Gasteiger partial charge is 0.319 e. The Hall–Kier alpha value is -4.07. The molecule has 0 radical (unpaired) electrons. The van der Waals surface area contributed by atoms with E-state index in [1.165, 1.54) is 18.9 Å². The standard InChI is InChI=1S/C36H36F2N6O2/c1-2-20-5-3-6-21-11-26(45)12-27(30(20)21)32-31(38)33-28(15-39-32)34(43-17-24-9-10-25(18-43)40-24)42-35(41-33)46-19-36-13-22-7-4-8-29(22)44(36)16-23(37)14-36/h1,3,5-6,11-12,15,22-25,29,40,45H,4,7-10,13-14,16-19H2/t22-,23+,24?,25?,29-,36-/m1/s1. The highest BCUT2D eigenvalue weighted by Crippen LogP contribution is 2.52. The first-order valence-electron chi connectivity index (χ1n) is 16.5. The third-order valence-electron chi connectivity index (χ3n) is 11.3. The molecule has 9 rings (SSSR count). The van der Waals surface area contributed by atoms with Crippen LogP contribution in [0.1, 0.15) is 50.5 Å². The van der Waals surface area contributed by atoms with E-state index in [1.54, 1.807) is 18.3 Å². The summed E-state index contributed by atoms with van der Waals surface area (Å²) in [6.45, 7) is 2.18. The number of terminal acetylenes is 1. The SMILES string of the molecule is C#Cc1cccc2cc(O)cc(-c3ncc4c(N5CC6CCC(C5)N6)nc(OC[C@@]56C[C@H](F)CN5[C@@H]5CCC[C@@H]5C6)nc4c3F)c12. The molecule has 0 amide bonds. The molecule has 2 aromatic carbocycles. The molecule has 2 unspecified atom stereocenters. The maximum absolute atomic E-state index is 16.9. The molecule has 4 aromatic rings. The minimum Gasteiger partial charge on any atom is -0.508 e. The van der Waals surface area contributed by atoms with Crippen LogP contribution in [0.5, 0.6) is 11.8 Å². The number of anilines is 1. The lowest BCUT2D eigenvalue weighted by Gasteiger charge is -2.35. The Morgan fingerprint density at radius 1 is 1.09 bits per heavy atom.